The second-order valence-corrected chi connectivity index (χ2v) is 11.7. The van der Waals surface area contributed by atoms with Crippen LogP contribution < -0.4 is 4.74 Å². The molecule has 1 aliphatic heterocycles. The van der Waals surface area contributed by atoms with E-state index in [0.717, 1.165) is 17.7 Å². The van der Waals surface area contributed by atoms with Crippen molar-refractivity contribution in [1.29, 1.82) is 0 Å². The topological polar surface area (TPSA) is 49.9 Å². The van der Waals surface area contributed by atoms with E-state index in [0.29, 0.717) is 36.2 Å². The summed E-state index contributed by atoms with van der Waals surface area (Å²) in [5.74, 6) is 1.20. The highest BCUT2D eigenvalue weighted by atomic mass is 35.5. The quantitative estimate of drug-likeness (QED) is 0.300. The lowest BCUT2D eigenvalue weighted by Crippen LogP contribution is -2.48. The molecule has 1 aliphatic rings. The van der Waals surface area contributed by atoms with Crippen LogP contribution in [-0.2, 0) is 11.2 Å². The summed E-state index contributed by atoms with van der Waals surface area (Å²) >= 11 is 7.86. The lowest BCUT2D eigenvalue weighted by Gasteiger charge is -2.37. The average molecular weight is 539 g/mol. The van der Waals surface area contributed by atoms with Crippen molar-refractivity contribution in [2.45, 2.75) is 46.1 Å². The first-order chi connectivity index (χ1) is 17.7. The van der Waals surface area contributed by atoms with Crippen molar-refractivity contribution in [2.24, 2.45) is 5.92 Å². The molecule has 196 valence electrons. The number of ether oxygens (including phenoxy) is 1. The van der Waals surface area contributed by atoms with Gasteiger partial charge in [0.25, 0.3) is 5.91 Å². The first kappa shape index (κ1) is 27.2. The summed E-state index contributed by atoms with van der Waals surface area (Å²) < 4.78 is 6.20. The highest BCUT2D eigenvalue weighted by Gasteiger charge is 2.33. The van der Waals surface area contributed by atoms with Gasteiger partial charge in [-0.25, -0.2) is 0 Å². The van der Waals surface area contributed by atoms with Crippen molar-refractivity contribution in [3.05, 3.63) is 86.6 Å². The van der Waals surface area contributed by atoms with Gasteiger partial charge in [0.15, 0.2) is 0 Å². The van der Waals surface area contributed by atoms with E-state index in [4.69, 9.17) is 16.3 Å². The summed E-state index contributed by atoms with van der Waals surface area (Å²) in [4.78, 5) is 31.9. The van der Waals surface area contributed by atoms with Gasteiger partial charge in [-0.2, -0.15) is 0 Å². The number of rotatable bonds is 9. The van der Waals surface area contributed by atoms with Gasteiger partial charge in [0.05, 0.1) is 6.04 Å². The molecule has 2 amide bonds. The summed E-state index contributed by atoms with van der Waals surface area (Å²) in [6.45, 7) is 9.89. The van der Waals surface area contributed by atoms with Crippen LogP contribution in [0.3, 0.4) is 0 Å². The average Bonchev–Trinajstić information content (AvgIpc) is 3.35. The number of benzene rings is 2. The van der Waals surface area contributed by atoms with Crippen LogP contribution in [-0.4, -0.2) is 47.9 Å². The standard InChI is InChI=1S/C30H35ClN2O3S/c1-20(2)17-32(30(35)23-6-5-7-24(31)16-23)18-29(34)33-14-12-28-26(13-15-37-28)27(33)19-36-25-10-8-22(9-11-25)21(3)4/h5-11,13,15-16,20-21,27H,12,14,17-19H2,1-4H3/t27-/m0/s1. The molecule has 0 spiro atoms. The van der Waals surface area contributed by atoms with Crippen LogP contribution in [0.2, 0.25) is 5.02 Å². The Hall–Kier alpha value is -2.83. The number of hydrogen-bond donors (Lipinski definition) is 0. The Balaban J connectivity index is 1.52. The van der Waals surface area contributed by atoms with Gasteiger partial charge in [-0.1, -0.05) is 57.5 Å². The second kappa shape index (κ2) is 12.1. The molecule has 0 fully saturated rings. The smallest absolute Gasteiger partial charge is 0.254 e. The van der Waals surface area contributed by atoms with E-state index in [9.17, 15) is 9.59 Å². The number of fused-ring (bicyclic) bond motifs is 1. The lowest BCUT2D eigenvalue weighted by atomic mass is 10.00. The van der Waals surface area contributed by atoms with E-state index < -0.39 is 0 Å². The largest absolute Gasteiger partial charge is 0.491 e. The van der Waals surface area contributed by atoms with Crippen LogP contribution in [0.15, 0.2) is 60.0 Å². The summed E-state index contributed by atoms with van der Waals surface area (Å²) in [5.41, 5.74) is 2.89. The number of hydrogen-bond acceptors (Lipinski definition) is 4. The monoisotopic (exact) mass is 538 g/mol. The molecule has 0 radical (unpaired) electrons. The van der Waals surface area contributed by atoms with Gasteiger partial charge in [-0.15, -0.1) is 11.3 Å². The highest BCUT2D eigenvalue weighted by Crippen LogP contribution is 2.34. The summed E-state index contributed by atoms with van der Waals surface area (Å²) in [6.07, 6.45) is 0.810. The van der Waals surface area contributed by atoms with Gasteiger partial charge in [0, 0.05) is 28.6 Å². The number of halogens is 1. The maximum Gasteiger partial charge on any atom is 0.254 e. The molecule has 0 saturated heterocycles. The van der Waals surface area contributed by atoms with Crippen LogP contribution in [0.4, 0.5) is 0 Å². The minimum atomic E-state index is -0.200. The Morgan fingerprint density at radius 3 is 2.54 bits per heavy atom. The molecule has 2 heterocycles. The van der Waals surface area contributed by atoms with Crippen LogP contribution >= 0.6 is 22.9 Å². The summed E-state index contributed by atoms with van der Waals surface area (Å²) in [7, 11) is 0. The molecule has 2 aromatic carbocycles. The van der Waals surface area contributed by atoms with E-state index in [-0.39, 0.29) is 30.3 Å². The second-order valence-electron chi connectivity index (χ2n) is 10.3. The molecule has 1 aromatic heterocycles. The third kappa shape index (κ3) is 6.74. The molecule has 0 N–H and O–H groups in total. The maximum atomic E-state index is 13.7. The van der Waals surface area contributed by atoms with Crippen LogP contribution in [0.5, 0.6) is 5.75 Å². The van der Waals surface area contributed by atoms with Crippen molar-refractivity contribution in [3.63, 3.8) is 0 Å². The van der Waals surface area contributed by atoms with Crippen LogP contribution in [0.1, 0.15) is 66.0 Å². The summed E-state index contributed by atoms with van der Waals surface area (Å²) in [6, 6.07) is 17.0. The first-order valence-corrected chi connectivity index (χ1v) is 14.1. The maximum absolute atomic E-state index is 13.7. The zero-order valence-electron chi connectivity index (χ0n) is 21.9. The zero-order valence-corrected chi connectivity index (χ0v) is 23.5. The minimum absolute atomic E-state index is 0.0165. The van der Waals surface area contributed by atoms with Crippen molar-refractivity contribution in [2.75, 3.05) is 26.2 Å². The number of thiophene rings is 1. The molecule has 0 aliphatic carbocycles. The molecule has 3 aromatic rings. The van der Waals surface area contributed by atoms with Gasteiger partial charge < -0.3 is 14.5 Å². The third-order valence-electron chi connectivity index (χ3n) is 6.64. The number of nitrogens with zero attached hydrogens (tertiary/aromatic N) is 2. The molecule has 37 heavy (non-hydrogen) atoms. The van der Waals surface area contributed by atoms with Gasteiger partial charge >= 0.3 is 0 Å². The van der Waals surface area contributed by atoms with Gasteiger partial charge in [-0.3, -0.25) is 9.59 Å². The van der Waals surface area contributed by atoms with E-state index in [2.05, 4.69) is 37.4 Å². The van der Waals surface area contributed by atoms with Gasteiger partial charge in [-0.05, 0) is 71.2 Å². The highest BCUT2D eigenvalue weighted by molar-refractivity contribution is 7.10. The van der Waals surface area contributed by atoms with Crippen LogP contribution in [0.25, 0.3) is 0 Å². The van der Waals surface area contributed by atoms with Crippen molar-refractivity contribution >= 4 is 34.8 Å². The predicted molar refractivity (Wildman–Crippen MR) is 151 cm³/mol. The molecular weight excluding hydrogens is 504 g/mol. The SMILES string of the molecule is CC(C)CN(CC(=O)N1CCc2sccc2[C@@H]1COc1ccc(C(C)C)cc1)C(=O)c1cccc(Cl)c1. The van der Waals surface area contributed by atoms with Crippen molar-refractivity contribution in [3.8, 4) is 5.75 Å². The Kier molecular flexibility index (Phi) is 8.93. The van der Waals surface area contributed by atoms with E-state index >= 15 is 0 Å². The van der Waals surface area contributed by atoms with Crippen molar-refractivity contribution in [1.82, 2.24) is 9.80 Å². The molecule has 0 bridgehead atoms. The molecule has 4 rings (SSSR count). The first-order valence-electron chi connectivity index (χ1n) is 12.9. The van der Waals surface area contributed by atoms with E-state index in [1.807, 2.05) is 30.9 Å². The number of carbonyl (C=O) groups is 2. The molecule has 1 atom stereocenters. The van der Waals surface area contributed by atoms with Crippen molar-refractivity contribution < 1.29 is 14.3 Å². The Morgan fingerprint density at radius 2 is 1.86 bits per heavy atom. The molecule has 5 nitrogen and oxygen atoms in total. The fraction of sp³-hybridized carbons (Fsp3) is 0.400. The third-order valence-corrected chi connectivity index (χ3v) is 7.87. The Labute approximate surface area is 229 Å². The molecular formula is C30H35ClN2O3S. The number of carbonyl (C=O) groups excluding carboxylic acids is 2. The van der Waals surface area contributed by atoms with E-state index in [1.54, 1.807) is 40.5 Å². The minimum Gasteiger partial charge on any atom is -0.491 e. The predicted octanol–water partition coefficient (Wildman–Crippen LogP) is 6.83. The lowest BCUT2D eigenvalue weighted by molar-refractivity contribution is -0.135. The number of amides is 2. The fourth-order valence-corrected chi connectivity index (χ4v) is 5.84. The van der Waals surface area contributed by atoms with Gasteiger partial charge in [0.1, 0.15) is 18.9 Å². The molecule has 7 heteroatoms. The molecule has 0 unspecified atom stereocenters. The zero-order chi connectivity index (χ0) is 26.5. The molecule has 0 saturated carbocycles. The Morgan fingerprint density at radius 1 is 1.11 bits per heavy atom. The summed E-state index contributed by atoms with van der Waals surface area (Å²) in [5, 5.41) is 2.58. The normalized spacial score (nSPS) is 15.1. The van der Waals surface area contributed by atoms with Crippen LogP contribution in [0, 0.1) is 5.92 Å². The van der Waals surface area contributed by atoms with Gasteiger partial charge in [0.2, 0.25) is 5.91 Å². The Bertz CT molecular complexity index is 1220. The van der Waals surface area contributed by atoms with E-state index in [1.165, 1.54) is 10.4 Å². The fourth-order valence-electron chi connectivity index (χ4n) is 4.72.